The summed E-state index contributed by atoms with van der Waals surface area (Å²) in [6, 6.07) is 8.29. The van der Waals surface area contributed by atoms with Crippen molar-refractivity contribution in [1.29, 1.82) is 0 Å². The van der Waals surface area contributed by atoms with Crippen LogP contribution in [-0.2, 0) is 25.9 Å². The molecule has 1 aromatic carbocycles. The molecule has 0 saturated heterocycles. The van der Waals surface area contributed by atoms with Crippen molar-refractivity contribution in [2.45, 2.75) is 39.3 Å². The van der Waals surface area contributed by atoms with Gasteiger partial charge in [0.25, 0.3) is 0 Å². The number of hydrogen-bond donors (Lipinski definition) is 1. The van der Waals surface area contributed by atoms with Gasteiger partial charge >= 0.3 is 0 Å². The molecule has 25 heavy (non-hydrogen) atoms. The molecule has 0 aliphatic carbocycles. The van der Waals surface area contributed by atoms with Crippen LogP contribution >= 0.6 is 0 Å². The number of nitrogens with zero attached hydrogens (tertiary/aromatic N) is 5. The van der Waals surface area contributed by atoms with Crippen molar-refractivity contribution in [1.82, 2.24) is 30.2 Å². The summed E-state index contributed by atoms with van der Waals surface area (Å²) in [5, 5.41) is 15.6. The summed E-state index contributed by atoms with van der Waals surface area (Å²) >= 11 is 0. The molecule has 4 rings (SSSR count). The first-order valence-corrected chi connectivity index (χ1v) is 8.81. The van der Waals surface area contributed by atoms with Gasteiger partial charge in [0, 0.05) is 25.1 Å². The highest BCUT2D eigenvalue weighted by Crippen LogP contribution is 2.18. The molecule has 3 heterocycles. The third-order valence-corrected chi connectivity index (χ3v) is 4.72. The lowest BCUT2D eigenvalue weighted by atomic mass is 9.99. The Morgan fingerprint density at radius 3 is 3.00 bits per heavy atom. The summed E-state index contributed by atoms with van der Waals surface area (Å²) in [7, 11) is 0. The van der Waals surface area contributed by atoms with Gasteiger partial charge in [-0.1, -0.05) is 36.3 Å². The van der Waals surface area contributed by atoms with Gasteiger partial charge in [-0.05, 0) is 24.3 Å². The Balaban J connectivity index is 1.30. The maximum Gasteiger partial charge on any atom is 0.240 e. The fraction of sp³-hybridized carbons (Fsp3) is 0.444. The molecule has 1 aliphatic heterocycles. The second kappa shape index (κ2) is 7.14. The Morgan fingerprint density at radius 2 is 2.16 bits per heavy atom. The molecule has 0 unspecified atom stereocenters. The van der Waals surface area contributed by atoms with E-state index in [0.717, 1.165) is 43.7 Å². The zero-order valence-electron chi connectivity index (χ0n) is 14.4. The summed E-state index contributed by atoms with van der Waals surface area (Å²) in [5.74, 6) is 2.93. The SMILES string of the molecule is CCc1ccc(-c2noc(CNC[C@@H]3CCc4nncn4C3)n2)cc1. The Kier molecular flexibility index (Phi) is 4.56. The summed E-state index contributed by atoms with van der Waals surface area (Å²) in [6.45, 7) is 4.61. The number of hydrogen-bond acceptors (Lipinski definition) is 6. The van der Waals surface area contributed by atoms with Crippen molar-refractivity contribution < 1.29 is 4.52 Å². The van der Waals surface area contributed by atoms with Crippen molar-refractivity contribution in [3.05, 3.63) is 47.9 Å². The molecule has 3 aromatic rings. The number of nitrogens with one attached hydrogen (secondary N) is 1. The van der Waals surface area contributed by atoms with E-state index >= 15 is 0 Å². The minimum atomic E-state index is 0.576. The van der Waals surface area contributed by atoms with Crippen LogP contribution in [0.5, 0.6) is 0 Å². The van der Waals surface area contributed by atoms with Gasteiger partial charge in [0.05, 0.1) is 6.54 Å². The Labute approximate surface area is 146 Å². The van der Waals surface area contributed by atoms with Crippen molar-refractivity contribution in [2.24, 2.45) is 5.92 Å². The maximum atomic E-state index is 5.36. The van der Waals surface area contributed by atoms with Gasteiger partial charge in [-0.2, -0.15) is 4.98 Å². The van der Waals surface area contributed by atoms with Gasteiger partial charge in [0.15, 0.2) is 0 Å². The minimum absolute atomic E-state index is 0.576. The predicted octanol–water partition coefficient (Wildman–Crippen LogP) is 2.24. The third-order valence-electron chi connectivity index (χ3n) is 4.72. The molecular weight excluding hydrogens is 316 g/mol. The van der Waals surface area contributed by atoms with Crippen LogP contribution < -0.4 is 5.32 Å². The molecule has 0 bridgehead atoms. The van der Waals surface area contributed by atoms with Crippen LogP contribution in [0.15, 0.2) is 35.1 Å². The lowest BCUT2D eigenvalue weighted by Gasteiger charge is -2.22. The molecule has 0 saturated carbocycles. The lowest BCUT2D eigenvalue weighted by Crippen LogP contribution is -2.29. The fourth-order valence-electron chi connectivity index (χ4n) is 3.21. The van der Waals surface area contributed by atoms with E-state index in [1.807, 2.05) is 18.5 Å². The van der Waals surface area contributed by atoms with E-state index < -0.39 is 0 Å². The highest BCUT2D eigenvalue weighted by Gasteiger charge is 2.19. The van der Waals surface area contributed by atoms with Gasteiger partial charge in [-0.15, -0.1) is 10.2 Å². The van der Waals surface area contributed by atoms with E-state index in [4.69, 9.17) is 4.52 Å². The molecule has 7 heteroatoms. The topological polar surface area (TPSA) is 81.7 Å². The average molecular weight is 338 g/mol. The fourth-order valence-corrected chi connectivity index (χ4v) is 3.21. The molecule has 0 radical (unpaired) electrons. The number of benzene rings is 1. The Bertz CT molecular complexity index is 822. The zero-order valence-corrected chi connectivity index (χ0v) is 14.4. The van der Waals surface area contributed by atoms with Crippen LogP contribution in [0.2, 0.25) is 0 Å². The van der Waals surface area contributed by atoms with E-state index in [0.29, 0.717) is 24.2 Å². The normalized spacial score (nSPS) is 16.8. The molecular formula is C18H22N6O. The largest absolute Gasteiger partial charge is 0.338 e. The van der Waals surface area contributed by atoms with Crippen LogP contribution in [0.4, 0.5) is 0 Å². The summed E-state index contributed by atoms with van der Waals surface area (Å²) < 4.78 is 7.50. The molecule has 0 amide bonds. The van der Waals surface area contributed by atoms with Gasteiger partial charge < -0.3 is 14.4 Å². The lowest BCUT2D eigenvalue weighted by molar-refractivity contribution is 0.327. The Morgan fingerprint density at radius 1 is 1.28 bits per heavy atom. The van der Waals surface area contributed by atoms with Crippen LogP contribution in [-0.4, -0.2) is 31.4 Å². The first-order chi connectivity index (χ1) is 12.3. The van der Waals surface area contributed by atoms with E-state index in [2.05, 4.69) is 49.3 Å². The molecule has 7 nitrogen and oxygen atoms in total. The van der Waals surface area contributed by atoms with Gasteiger partial charge in [-0.3, -0.25) is 0 Å². The van der Waals surface area contributed by atoms with Crippen molar-refractivity contribution in [3.63, 3.8) is 0 Å². The molecule has 2 aromatic heterocycles. The second-order valence-corrected chi connectivity index (χ2v) is 6.50. The third kappa shape index (κ3) is 3.61. The summed E-state index contributed by atoms with van der Waals surface area (Å²) in [6.07, 6.45) is 4.96. The average Bonchev–Trinajstić information content (AvgIpc) is 3.31. The Hall–Kier alpha value is -2.54. The molecule has 0 spiro atoms. The number of fused-ring (bicyclic) bond motifs is 1. The monoisotopic (exact) mass is 338 g/mol. The zero-order chi connectivity index (χ0) is 17.1. The first-order valence-electron chi connectivity index (χ1n) is 8.81. The first kappa shape index (κ1) is 16.0. The summed E-state index contributed by atoms with van der Waals surface area (Å²) in [5.41, 5.74) is 2.29. The number of rotatable bonds is 6. The number of aromatic nitrogens is 5. The van der Waals surface area contributed by atoms with Gasteiger partial charge in [-0.25, -0.2) is 0 Å². The highest BCUT2D eigenvalue weighted by molar-refractivity contribution is 5.54. The minimum Gasteiger partial charge on any atom is -0.338 e. The van der Waals surface area contributed by atoms with Crippen molar-refractivity contribution >= 4 is 0 Å². The van der Waals surface area contributed by atoms with E-state index in [9.17, 15) is 0 Å². The number of aryl methyl sites for hydroxylation is 2. The standard InChI is InChI=1S/C18H22N6O/c1-2-13-3-6-15(7-4-13)18-21-17(25-23-18)10-19-9-14-5-8-16-22-20-12-24(16)11-14/h3-4,6-7,12,14,19H,2,5,8-11H2,1H3/t14-/m0/s1. The highest BCUT2D eigenvalue weighted by atomic mass is 16.5. The molecule has 1 N–H and O–H groups in total. The summed E-state index contributed by atoms with van der Waals surface area (Å²) in [4.78, 5) is 4.48. The van der Waals surface area contributed by atoms with Gasteiger partial charge in [0.2, 0.25) is 11.7 Å². The quantitative estimate of drug-likeness (QED) is 0.742. The predicted molar refractivity (Wildman–Crippen MR) is 92.7 cm³/mol. The van der Waals surface area contributed by atoms with E-state index in [1.54, 1.807) is 0 Å². The van der Waals surface area contributed by atoms with Crippen LogP contribution in [0, 0.1) is 5.92 Å². The van der Waals surface area contributed by atoms with Crippen molar-refractivity contribution in [2.75, 3.05) is 6.54 Å². The molecule has 0 fully saturated rings. The van der Waals surface area contributed by atoms with E-state index in [1.165, 1.54) is 5.56 Å². The molecule has 1 aliphatic rings. The smallest absolute Gasteiger partial charge is 0.240 e. The van der Waals surface area contributed by atoms with Gasteiger partial charge in [0.1, 0.15) is 12.2 Å². The van der Waals surface area contributed by atoms with Crippen LogP contribution in [0.3, 0.4) is 0 Å². The molecule has 130 valence electrons. The van der Waals surface area contributed by atoms with Crippen LogP contribution in [0.1, 0.15) is 30.6 Å². The van der Waals surface area contributed by atoms with E-state index in [-0.39, 0.29) is 0 Å². The second-order valence-electron chi connectivity index (χ2n) is 6.50. The molecule has 1 atom stereocenters. The maximum absolute atomic E-state index is 5.36. The van der Waals surface area contributed by atoms with Crippen LogP contribution in [0.25, 0.3) is 11.4 Å². The van der Waals surface area contributed by atoms with Crippen molar-refractivity contribution in [3.8, 4) is 11.4 Å².